The second kappa shape index (κ2) is 8.87. The van der Waals surface area contributed by atoms with Crippen LogP contribution in [0.15, 0.2) is 54.1 Å². The zero-order valence-corrected chi connectivity index (χ0v) is 16.4. The lowest BCUT2D eigenvalue weighted by Crippen LogP contribution is -2.32. The first-order valence-electron chi connectivity index (χ1n) is 9.15. The van der Waals surface area contributed by atoms with Crippen LogP contribution in [0, 0.1) is 5.82 Å². The molecule has 1 heterocycles. The highest BCUT2D eigenvalue weighted by atomic mass is 19.1. The van der Waals surface area contributed by atoms with Crippen LogP contribution in [0.1, 0.15) is 24.1 Å². The fourth-order valence-electron chi connectivity index (χ4n) is 3.29. The number of nitrogens with zero attached hydrogens (tertiary/aromatic N) is 1. The Morgan fingerprint density at radius 3 is 2.30 bits per heavy atom. The van der Waals surface area contributed by atoms with Crippen molar-refractivity contribution in [1.29, 1.82) is 0 Å². The number of aliphatic hydroxyl groups excluding tert-OH is 1. The number of amides is 1. The maximum absolute atomic E-state index is 13.3. The monoisotopic (exact) mass is 413 g/mol. The number of rotatable bonds is 6. The number of carbonyl (C=O) groups excluding carboxylic acids is 3. The van der Waals surface area contributed by atoms with Crippen molar-refractivity contribution in [1.82, 2.24) is 4.90 Å². The summed E-state index contributed by atoms with van der Waals surface area (Å²) in [4.78, 5) is 37.9. The molecule has 2 aromatic carbocycles. The Morgan fingerprint density at radius 2 is 1.73 bits per heavy atom. The molecule has 0 radical (unpaired) electrons. The number of ketones is 1. The van der Waals surface area contributed by atoms with E-state index in [4.69, 9.17) is 9.47 Å². The minimum Gasteiger partial charge on any atom is -0.507 e. The van der Waals surface area contributed by atoms with Crippen molar-refractivity contribution in [3.05, 3.63) is 71.0 Å². The summed E-state index contributed by atoms with van der Waals surface area (Å²) < 4.78 is 23.3. The van der Waals surface area contributed by atoms with Gasteiger partial charge in [-0.15, -0.1) is 0 Å². The standard InChI is InChI=1S/C22H20FNO6/c1-13(25)30-17-9-5-14(6-10-17)19-18(20(26)15-3-7-16(23)8-4-15)21(27)22(28)24(19)11-12-29-2/h3-10,19,26H,11-12H2,1-2H3/b20-18-. The molecule has 1 aliphatic heterocycles. The molecule has 1 amide bonds. The van der Waals surface area contributed by atoms with Gasteiger partial charge in [0.25, 0.3) is 11.7 Å². The second-order valence-electron chi connectivity index (χ2n) is 6.65. The van der Waals surface area contributed by atoms with Gasteiger partial charge in [-0.2, -0.15) is 0 Å². The quantitative estimate of drug-likeness (QED) is 0.257. The van der Waals surface area contributed by atoms with Crippen molar-refractivity contribution < 1.29 is 33.4 Å². The Morgan fingerprint density at radius 1 is 1.10 bits per heavy atom. The molecule has 3 rings (SSSR count). The molecule has 0 aromatic heterocycles. The first-order chi connectivity index (χ1) is 14.3. The number of hydrogen-bond acceptors (Lipinski definition) is 6. The first-order valence-corrected chi connectivity index (χ1v) is 9.15. The van der Waals surface area contributed by atoms with Crippen LogP contribution in [0.25, 0.3) is 5.76 Å². The van der Waals surface area contributed by atoms with E-state index in [1.165, 1.54) is 43.2 Å². The Hall–Kier alpha value is -3.52. The van der Waals surface area contributed by atoms with Gasteiger partial charge >= 0.3 is 5.97 Å². The average Bonchev–Trinajstić information content (AvgIpc) is 2.97. The predicted octanol–water partition coefficient (Wildman–Crippen LogP) is 2.82. The molecule has 2 aromatic rings. The molecular weight excluding hydrogens is 393 g/mol. The van der Waals surface area contributed by atoms with Crippen molar-refractivity contribution in [3.8, 4) is 5.75 Å². The Bertz CT molecular complexity index is 997. The number of esters is 1. The minimum atomic E-state index is -0.878. The molecule has 0 spiro atoms. The zero-order valence-electron chi connectivity index (χ0n) is 16.4. The number of methoxy groups -OCH3 is 1. The molecule has 30 heavy (non-hydrogen) atoms. The van der Waals surface area contributed by atoms with Crippen LogP contribution in [-0.2, 0) is 19.1 Å². The largest absolute Gasteiger partial charge is 0.507 e. The molecule has 1 fully saturated rings. The lowest BCUT2D eigenvalue weighted by atomic mass is 9.95. The summed E-state index contributed by atoms with van der Waals surface area (Å²) >= 11 is 0. The number of halogens is 1. The minimum absolute atomic E-state index is 0.108. The molecule has 0 bridgehead atoms. The number of hydrogen-bond donors (Lipinski definition) is 1. The molecule has 1 N–H and O–H groups in total. The molecular formula is C22H20FNO6. The van der Waals surface area contributed by atoms with Crippen LogP contribution in [0.2, 0.25) is 0 Å². The molecule has 1 unspecified atom stereocenters. The topological polar surface area (TPSA) is 93.1 Å². The molecule has 156 valence electrons. The maximum atomic E-state index is 13.3. The maximum Gasteiger partial charge on any atom is 0.308 e. The highest BCUT2D eigenvalue weighted by Crippen LogP contribution is 2.39. The van der Waals surface area contributed by atoms with Crippen molar-refractivity contribution in [2.45, 2.75) is 13.0 Å². The van der Waals surface area contributed by atoms with Crippen molar-refractivity contribution in [2.24, 2.45) is 0 Å². The van der Waals surface area contributed by atoms with Gasteiger partial charge in [-0.1, -0.05) is 12.1 Å². The van der Waals surface area contributed by atoms with E-state index in [1.54, 1.807) is 12.1 Å². The van der Waals surface area contributed by atoms with Gasteiger partial charge in [0, 0.05) is 26.1 Å². The fourth-order valence-corrected chi connectivity index (χ4v) is 3.29. The predicted molar refractivity (Wildman–Crippen MR) is 105 cm³/mol. The number of benzene rings is 2. The summed E-state index contributed by atoms with van der Waals surface area (Å²) in [5.74, 6) is -2.69. The van der Waals surface area contributed by atoms with Crippen molar-refractivity contribution >= 4 is 23.4 Å². The van der Waals surface area contributed by atoms with E-state index < -0.39 is 35.3 Å². The molecule has 0 aliphatic carbocycles. The van der Waals surface area contributed by atoms with Crippen molar-refractivity contribution in [3.63, 3.8) is 0 Å². The summed E-state index contributed by atoms with van der Waals surface area (Å²) in [6.45, 7) is 1.58. The number of ether oxygens (including phenoxy) is 2. The number of carbonyl (C=O) groups is 3. The van der Waals surface area contributed by atoms with Gasteiger partial charge in [-0.05, 0) is 42.0 Å². The third kappa shape index (κ3) is 4.23. The van der Waals surface area contributed by atoms with Gasteiger partial charge in [0.1, 0.15) is 17.3 Å². The molecule has 1 aliphatic rings. The normalized spacial score (nSPS) is 18.0. The van der Waals surface area contributed by atoms with Crippen LogP contribution in [0.5, 0.6) is 5.75 Å². The third-order valence-corrected chi connectivity index (χ3v) is 4.65. The fraction of sp³-hybridized carbons (Fsp3) is 0.227. The van der Waals surface area contributed by atoms with Gasteiger partial charge < -0.3 is 19.5 Å². The lowest BCUT2D eigenvalue weighted by Gasteiger charge is -2.25. The molecule has 1 atom stereocenters. The smallest absolute Gasteiger partial charge is 0.308 e. The first kappa shape index (κ1) is 21.2. The van der Waals surface area contributed by atoms with Gasteiger partial charge in [-0.25, -0.2) is 4.39 Å². The van der Waals surface area contributed by atoms with E-state index in [9.17, 15) is 23.9 Å². The Kier molecular flexibility index (Phi) is 6.27. The molecule has 1 saturated heterocycles. The van der Waals surface area contributed by atoms with E-state index in [0.29, 0.717) is 11.3 Å². The SMILES string of the molecule is COCCN1C(=O)C(=O)/C(=C(\O)c2ccc(F)cc2)C1c1ccc(OC(C)=O)cc1. The van der Waals surface area contributed by atoms with Crippen molar-refractivity contribution in [2.75, 3.05) is 20.3 Å². The molecule has 8 heteroatoms. The summed E-state index contributed by atoms with van der Waals surface area (Å²) in [7, 11) is 1.47. The van der Waals surface area contributed by atoms with Gasteiger partial charge in [0.2, 0.25) is 0 Å². The van der Waals surface area contributed by atoms with Gasteiger partial charge in [-0.3, -0.25) is 14.4 Å². The van der Waals surface area contributed by atoms with Crippen LogP contribution < -0.4 is 4.74 Å². The van der Waals surface area contributed by atoms with Crippen LogP contribution in [-0.4, -0.2) is 47.9 Å². The number of aliphatic hydroxyl groups is 1. The van der Waals surface area contributed by atoms with E-state index in [2.05, 4.69) is 0 Å². The highest BCUT2D eigenvalue weighted by molar-refractivity contribution is 6.46. The zero-order chi connectivity index (χ0) is 21.8. The average molecular weight is 413 g/mol. The summed E-state index contributed by atoms with van der Waals surface area (Å²) in [5, 5.41) is 10.8. The number of Topliss-reactive ketones (excluding diaryl/α,β-unsaturated/α-hetero) is 1. The van der Waals surface area contributed by atoms with Crippen LogP contribution in [0.3, 0.4) is 0 Å². The van der Waals surface area contributed by atoms with Gasteiger partial charge in [0.15, 0.2) is 0 Å². The number of likely N-dealkylation sites (tertiary alicyclic amines) is 1. The summed E-state index contributed by atoms with van der Waals surface area (Å²) in [6.07, 6.45) is 0. The van der Waals surface area contributed by atoms with E-state index in [-0.39, 0.29) is 24.3 Å². The van der Waals surface area contributed by atoms with Gasteiger partial charge in [0.05, 0.1) is 18.2 Å². The van der Waals surface area contributed by atoms with Crippen LogP contribution in [0.4, 0.5) is 4.39 Å². The Labute approximate surface area is 172 Å². The second-order valence-corrected chi connectivity index (χ2v) is 6.65. The van der Waals surface area contributed by atoms with E-state index in [0.717, 1.165) is 12.1 Å². The molecule has 0 saturated carbocycles. The van der Waals surface area contributed by atoms with Crippen LogP contribution >= 0.6 is 0 Å². The molecule has 7 nitrogen and oxygen atoms in total. The van der Waals surface area contributed by atoms with E-state index in [1.807, 2.05) is 0 Å². The summed E-state index contributed by atoms with van der Waals surface area (Å²) in [5.41, 5.74) is 0.635. The Balaban J connectivity index is 2.09. The lowest BCUT2D eigenvalue weighted by molar-refractivity contribution is -0.140. The third-order valence-electron chi connectivity index (χ3n) is 4.65. The highest BCUT2D eigenvalue weighted by Gasteiger charge is 2.45. The van der Waals surface area contributed by atoms with E-state index >= 15 is 0 Å². The summed E-state index contributed by atoms with van der Waals surface area (Å²) in [6, 6.07) is 10.4.